The summed E-state index contributed by atoms with van der Waals surface area (Å²) in [6, 6.07) is 5.15. The van der Waals surface area contributed by atoms with Gasteiger partial charge in [-0.2, -0.15) is 0 Å². The number of alkyl halides is 1. The maximum absolute atomic E-state index is 12.3. The van der Waals surface area contributed by atoms with Gasteiger partial charge in [-0.25, -0.2) is 0 Å². The summed E-state index contributed by atoms with van der Waals surface area (Å²) in [6.45, 7) is 6.25. The minimum absolute atomic E-state index is 0.0279. The molecule has 1 rings (SSSR count). The van der Waals surface area contributed by atoms with Crippen LogP contribution in [0.2, 0.25) is 5.02 Å². The number of benzene rings is 1. The molecule has 1 aromatic carbocycles. The highest BCUT2D eigenvalue weighted by Gasteiger charge is 2.26. The van der Waals surface area contributed by atoms with Crippen molar-refractivity contribution in [3.05, 3.63) is 33.3 Å². The summed E-state index contributed by atoms with van der Waals surface area (Å²) in [4.78, 5) is 12.3. The summed E-state index contributed by atoms with van der Waals surface area (Å²) in [7, 11) is 0. The average molecular weight is 367 g/mol. The Labute approximate surface area is 133 Å². The van der Waals surface area contributed by atoms with Crippen molar-refractivity contribution in [3.63, 3.8) is 0 Å². The Morgan fingerprint density at radius 3 is 2.53 bits per heavy atom. The number of halogens is 3. The van der Waals surface area contributed by atoms with Crippen LogP contribution in [-0.4, -0.2) is 17.8 Å². The second kappa shape index (κ2) is 6.96. The van der Waals surface area contributed by atoms with E-state index >= 15 is 0 Å². The van der Waals surface area contributed by atoms with E-state index in [4.69, 9.17) is 23.2 Å². The first-order valence-electron chi connectivity index (χ1n) is 6.07. The molecular formula is C14H18BrCl2NO. The van der Waals surface area contributed by atoms with Gasteiger partial charge in [0.2, 0.25) is 0 Å². The molecule has 5 heteroatoms. The number of carbonyl (C=O) groups is 1. The van der Waals surface area contributed by atoms with Gasteiger partial charge in [-0.05, 0) is 46.0 Å². The van der Waals surface area contributed by atoms with Crippen LogP contribution in [0.4, 0.5) is 0 Å². The normalized spacial score (nSPS) is 13.2. The number of carbonyl (C=O) groups excluding carboxylic acids is 1. The smallest absolute Gasteiger partial charge is 0.252 e. The van der Waals surface area contributed by atoms with Gasteiger partial charge in [0.25, 0.3) is 5.91 Å². The molecule has 106 valence electrons. The fraction of sp³-hybridized carbons (Fsp3) is 0.500. The zero-order chi connectivity index (χ0) is 14.6. The van der Waals surface area contributed by atoms with Gasteiger partial charge < -0.3 is 5.32 Å². The third-order valence-electron chi connectivity index (χ3n) is 2.92. The highest BCUT2D eigenvalue weighted by atomic mass is 79.9. The lowest BCUT2D eigenvalue weighted by molar-refractivity contribution is 0.0899. The topological polar surface area (TPSA) is 29.1 Å². The van der Waals surface area contributed by atoms with E-state index in [1.807, 2.05) is 0 Å². The molecule has 1 unspecified atom stereocenters. The number of amides is 1. The summed E-state index contributed by atoms with van der Waals surface area (Å²) < 4.78 is 0.691. The van der Waals surface area contributed by atoms with Crippen LogP contribution in [0.25, 0.3) is 0 Å². The third kappa shape index (κ3) is 4.97. The Morgan fingerprint density at radius 1 is 1.42 bits per heavy atom. The predicted octanol–water partition coefficient (Wildman–Crippen LogP) is 4.88. The van der Waals surface area contributed by atoms with Gasteiger partial charge in [-0.15, -0.1) is 11.6 Å². The maximum Gasteiger partial charge on any atom is 0.252 e. The molecule has 0 aromatic heterocycles. The lowest BCUT2D eigenvalue weighted by atomic mass is 9.85. The Balaban J connectivity index is 2.88. The molecule has 0 spiro atoms. The molecule has 1 amide bonds. The van der Waals surface area contributed by atoms with Gasteiger partial charge in [0.1, 0.15) is 0 Å². The number of hydrogen-bond acceptors (Lipinski definition) is 1. The second-order valence-electron chi connectivity index (χ2n) is 5.49. The van der Waals surface area contributed by atoms with Gasteiger partial charge in [0.15, 0.2) is 0 Å². The van der Waals surface area contributed by atoms with Crippen molar-refractivity contribution in [1.29, 1.82) is 0 Å². The van der Waals surface area contributed by atoms with E-state index < -0.39 is 0 Å². The van der Waals surface area contributed by atoms with Crippen LogP contribution in [0.5, 0.6) is 0 Å². The quantitative estimate of drug-likeness (QED) is 0.756. The molecule has 1 N–H and O–H groups in total. The zero-order valence-corrected chi connectivity index (χ0v) is 14.4. The second-order valence-corrected chi connectivity index (χ2v) is 7.16. The van der Waals surface area contributed by atoms with Crippen LogP contribution >= 0.6 is 39.1 Å². The Bertz CT molecular complexity index is 457. The van der Waals surface area contributed by atoms with E-state index in [9.17, 15) is 4.79 Å². The summed E-state index contributed by atoms with van der Waals surface area (Å²) >= 11 is 15.0. The summed E-state index contributed by atoms with van der Waals surface area (Å²) in [5.41, 5.74) is 0.539. The van der Waals surface area contributed by atoms with E-state index in [1.54, 1.807) is 18.2 Å². The molecule has 0 heterocycles. The van der Waals surface area contributed by atoms with Gasteiger partial charge in [0, 0.05) is 21.4 Å². The SMILES string of the molecule is CC(C)(C)C(CCCl)NC(=O)c1ccc(Cl)cc1Br. The first kappa shape index (κ1) is 16.8. The monoisotopic (exact) mass is 365 g/mol. The largest absolute Gasteiger partial charge is 0.349 e. The molecular weight excluding hydrogens is 349 g/mol. The number of nitrogens with one attached hydrogen (secondary N) is 1. The van der Waals surface area contributed by atoms with Crippen molar-refractivity contribution >= 4 is 45.0 Å². The molecule has 19 heavy (non-hydrogen) atoms. The van der Waals surface area contributed by atoms with Crippen molar-refractivity contribution in [2.24, 2.45) is 5.41 Å². The van der Waals surface area contributed by atoms with E-state index in [-0.39, 0.29) is 17.4 Å². The minimum Gasteiger partial charge on any atom is -0.349 e. The van der Waals surface area contributed by atoms with Crippen molar-refractivity contribution in [1.82, 2.24) is 5.32 Å². The van der Waals surface area contributed by atoms with Crippen LogP contribution in [-0.2, 0) is 0 Å². The van der Waals surface area contributed by atoms with E-state index in [2.05, 4.69) is 42.0 Å². The van der Waals surface area contributed by atoms with Crippen molar-refractivity contribution < 1.29 is 4.79 Å². The first-order valence-corrected chi connectivity index (χ1v) is 7.78. The summed E-state index contributed by atoms with van der Waals surface area (Å²) in [5, 5.41) is 3.63. The van der Waals surface area contributed by atoms with Gasteiger partial charge >= 0.3 is 0 Å². The number of hydrogen-bond donors (Lipinski definition) is 1. The first-order chi connectivity index (χ1) is 8.75. The van der Waals surface area contributed by atoms with E-state index in [0.29, 0.717) is 20.9 Å². The van der Waals surface area contributed by atoms with Crippen LogP contribution < -0.4 is 5.32 Å². The summed E-state index contributed by atoms with van der Waals surface area (Å²) in [5.74, 6) is 0.401. The Kier molecular flexibility index (Phi) is 6.15. The maximum atomic E-state index is 12.3. The molecule has 0 aliphatic heterocycles. The molecule has 0 saturated carbocycles. The van der Waals surface area contributed by atoms with Crippen LogP contribution in [0.15, 0.2) is 22.7 Å². The average Bonchev–Trinajstić information content (AvgIpc) is 2.26. The van der Waals surface area contributed by atoms with Crippen molar-refractivity contribution in [2.45, 2.75) is 33.2 Å². The fourth-order valence-corrected chi connectivity index (χ4v) is 2.82. The van der Waals surface area contributed by atoms with Gasteiger partial charge in [0.05, 0.1) is 5.56 Å². The zero-order valence-electron chi connectivity index (χ0n) is 11.3. The van der Waals surface area contributed by atoms with Crippen LogP contribution in [0.3, 0.4) is 0 Å². The molecule has 1 atom stereocenters. The molecule has 0 bridgehead atoms. The predicted molar refractivity (Wildman–Crippen MR) is 85.2 cm³/mol. The molecule has 0 aliphatic carbocycles. The lowest BCUT2D eigenvalue weighted by Gasteiger charge is -2.31. The molecule has 0 aliphatic rings. The van der Waals surface area contributed by atoms with Crippen molar-refractivity contribution in [2.75, 3.05) is 5.88 Å². The van der Waals surface area contributed by atoms with Crippen LogP contribution in [0.1, 0.15) is 37.6 Å². The Morgan fingerprint density at radius 2 is 2.05 bits per heavy atom. The van der Waals surface area contributed by atoms with Gasteiger partial charge in [-0.1, -0.05) is 32.4 Å². The highest BCUT2D eigenvalue weighted by Crippen LogP contribution is 2.25. The highest BCUT2D eigenvalue weighted by molar-refractivity contribution is 9.10. The van der Waals surface area contributed by atoms with Crippen molar-refractivity contribution in [3.8, 4) is 0 Å². The lowest BCUT2D eigenvalue weighted by Crippen LogP contribution is -2.44. The minimum atomic E-state index is -0.117. The molecule has 1 aromatic rings. The van der Waals surface area contributed by atoms with Crippen LogP contribution in [0, 0.1) is 5.41 Å². The number of rotatable bonds is 4. The Hall–Kier alpha value is -0.250. The molecule has 0 fully saturated rings. The molecule has 0 radical (unpaired) electrons. The van der Waals surface area contributed by atoms with E-state index in [1.165, 1.54) is 0 Å². The standard InChI is InChI=1S/C14H18BrCl2NO/c1-14(2,3)12(6-7-16)18-13(19)10-5-4-9(17)8-11(10)15/h4-5,8,12H,6-7H2,1-3H3,(H,18,19). The molecule has 0 saturated heterocycles. The van der Waals surface area contributed by atoms with Gasteiger partial charge in [-0.3, -0.25) is 4.79 Å². The summed E-state index contributed by atoms with van der Waals surface area (Å²) in [6.07, 6.45) is 0.738. The molecule has 2 nitrogen and oxygen atoms in total. The third-order valence-corrected chi connectivity index (χ3v) is 4.03. The fourth-order valence-electron chi connectivity index (χ4n) is 1.74. The van der Waals surface area contributed by atoms with E-state index in [0.717, 1.165) is 6.42 Å².